The van der Waals surface area contributed by atoms with Crippen molar-refractivity contribution in [3.05, 3.63) is 77.4 Å². The second-order valence-electron chi connectivity index (χ2n) is 7.04. The van der Waals surface area contributed by atoms with E-state index in [-0.39, 0.29) is 24.2 Å². The molecule has 0 spiro atoms. The van der Waals surface area contributed by atoms with E-state index in [2.05, 4.69) is 5.32 Å². The number of aryl methyl sites for hydroxylation is 1. The number of nitrogens with zero attached hydrogens (tertiary/aromatic N) is 1. The normalized spacial score (nSPS) is 10.9. The summed E-state index contributed by atoms with van der Waals surface area (Å²) < 4.78 is 21.0. The zero-order valence-electron chi connectivity index (χ0n) is 16.6. The smallest absolute Gasteiger partial charge is 0.183 e. The Bertz CT molecular complexity index is 975. The van der Waals surface area contributed by atoms with Gasteiger partial charge in [-0.3, -0.25) is 4.79 Å². The molecule has 2 aromatic carbocycles. The first-order chi connectivity index (χ1) is 13.4. The maximum Gasteiger partial charge on any atom is 0.183 e. The molecular formula is C23H25FN2O2. The monoisotopic (exact) mass is 380 g/mol. The Hall–Kier alpha value is -3.08. The van der Waals surface area contributed by atoms with Gasteiger partial charge in [-0.1, -0.05) is 12.1 Å². The van der Waals surface area contributed by atoms with Crippen LogP contribution >= 0.6 is 0 Å². The summed E-state index contributed by atoms with van der Waals surface area (Å²) in [5.41, 5.74) is 4.03. The molecule has 0 aliphatic heterocycles. The van der Waals surface area contributed by atoms with Crippen LogP contribution in [0.2, 0.25) is 0 Å². The lowest BCUT2D eigenvalue weighted by Crippen LogP contribution is -2.16. The average molecular weight is 380 g/mol. The summed E-state index contributed by atoms with van der Waals surface area (Å²) in [6, 6.07) is 15.7. The number of ketones is 1. The molecule has 0 unspecified atom stereocenters. The van der Waals surface area contributed by atoms with Gasteiger partial charge in [-0.25, -0.2) is 4.39 Å². The average Bonchev–Trinajstić information content (AvgIpc) is 2.95. The van der Waals surface area contributed by atoms with Crippen molar-refractivity contribution in [3.63, 3.8) is 0 Å². The maximum atomic E-state index is 13.2. The lowest BCUT2D eigenvalue weighted by molar-refractivity contribution is 0.101. The summed E-state index contributed by atoms with van der Waals surface area (Å²) >= 11 is 0. The van der Waals surface area contributed by atoms with E-state index in [0.717, 1.165) is 28.5 Å². The van der Waals surface area contributed by atoms with Crippen LogP contribution in [0.15, 0.2) is 54.6 Å². The summed E-state index contributed by atoms with van der Waals surface area (Å²) in [6.07, 6.45) is 0.0493. The fourth-order valence-corrected chi connectivity index (χ4v) is 3.27. The Labute approximate surface area is 165 Å². The highest BCUT2D eigenvalue weighted by atomic mass is 19.1. The van der Waals surface area contributed by atoms with Gasteiger partial charge in [-0.05, 0) is 70.2 Å². The molecule has 0 radical (unpaired) electrons. The summed E-state index contributed by atoms with van der Waals surface area (Å²) in [6.45, 7) is 7.93. The van der Waals surface area contributed by atoms with Gasteiger partial charge >= 0.3 is 0 Å². The molecule has 0 aliphatic rings. The quantitative estimate of drug-likeness (QED) is 0.565. The van der Waals surface area contributed by atoms with Crippen molar-refractivity contribution in [2.75, 3.05) is 11.9 Å². The molecule has 0 amide bonds. The molecule has 0 saturated carbocycles. The van der Waals surface area contributed by atoms with Crippen LogP contribution in [-0.2, 0) is 0 Å². The van der Waals surface area contributed by atoms with Crippen molar-refractivity contribution < 1.29 is 13.9 Å². The predicted molar refractivity (Wildman–Crippen MR) is 110 cm³/mol. The second-order valence-corrected chi connectivity index (χ2v) is 7.04. The zero-order valence-corrected chi connectivity index (χ0v) is 16.6. The highest BCUT2D eigenvalue weighted by molar-refractivity contribution is 6.00. The highest BCUT2D eigenvalue weighted by Crippen LogP contribution is 2.26. The van der Waals surface area contributed by atoms with Crippen molar-refractivity contribution >= 4 is 11.5 Å². The number of carbonyl (C=O) groups is 1. The number of nitrogens with one attached hydrogen (secondary N) is 1. The largest absolute Gasteiger partial charge is 0.489 e. The Morgan fingerprint density at radius 1 is 1.11 bits per heavy atom. The molecular weight excluding hydrogens is 355 g/mol. The van der Waals surface area contributed by atoms with Crippen LogP contribution in [-0.4, -0.2) is 23.0 Å². The van der Waals surface area contributed by atoms with Crippen molar-refractivity contribution in [2.45, 2.75) is 33.8 Å². The van der Waals surface area contributed by atoms with Gasteiger partial charge in [-0.15, -0.1) is 0 Å². The molecule has 0 fully saturated rings. The summed E-state index contributed by atoms with van der Waals surface area (Å²) in [7, 11) is 0. The highest BCUT2D eigenvalue weighted by Gasteiger charge is 2.17. The molecule has 5 heteroatoms. The van der Waals surface area contributed by atoms with Crippen LogP contribution in [0.25, 0.3) is 5.69 Å². The number of rotatable bonds is 7. The van der Waals surface area contributed by atoms with Gasteiger partial charge in [0.1, 0.15) is 11.6 Å². The maximum absolute atomic E-state index is 13.2. The third kappa shape index (κ3) is 4.25. The van der Waals surface area contributed by atoms with E-state index in [0.29, 0.717) is 5.56 Å². The second kappa shape index (κ2) is 8.30. The van der Waals surface area contributed by atoms with Crippen molar-refractivity contribution in [1.82, 2.24) is 4.57 Å². The molecule has 0 atom stereocenters. The van der Waals surface area contributed by atoms with E-state index in [9.17, 15) is 9.18 Å². The molecule has 1 heterocycles. The summed E-state index contributed by atoms with van der Waals surface area (Å²) in [4.78, 5) is 12.8. The van der Waals surface area contributed by atoms with E-state index in [1.54, 1.807) is 12.1 Å². The van der Waals surface area contributed by atoms with Crippen LogP contribution in [0.5, 0.6) is 5.75 Å². The minimum absolute atomic E-state index is 0.0131. The SMILES string of the molecule is Cc1cc(C(=O)CNc2ccccc2OC(C)C)c(C)n1-c1ccc(F)cc1. The van der Waals surface area contributed by atoms with E-state index in [4.69, 9.17) is 4.74 Å². The number of Topliss-reactive ketones (excluding diaryl/α,β-unsaturated/α-hetero) is 1. The number of para-hydroxylation sites is 2. The standard InChI is InChI=1S/C23H25FN2O2/c1-15(2)28-23-8-6-5-7-21(23)25-14-22(27)20-13-16(3)26(17(20)4)19-11-9-18(24)10-12-19/h5-13,15,25H,14H2,1-4H3. The summed E-state index contributed by atoms with van der Waals surface area (Å²) in [5, 5.41) is 3.19. The molecule has 1 aromatic heterocycles. The molecule has 3 rings (SSSR count). The first kappa shape index (κ1) is 19.7. The number of carbonyl (C=O) groups excluding carboxylic acids is 1. The number of halogens is 1. The Kier molecular flexibility index (Phi) is 5.83. The third-order valence-electron chi connectivity index (χ3n) is 4.51. The van der Waals surface area contributed by atoms with Crippen molar-refractivity contribution in [3.8, 4) is 11.4 Å². The number of hydrogen-bond donors (Lipinski definition) is 1. The number of aromatic nitrogens is 1. The first-order valence-corrected chi connectivity index (χ1v) is 9.34. The number of benzene rings is 2. The Morgan fingerprint density at radius 2 is 1.79 bits per heavy atom. The van der Waals surface area contributed by atoms with E-state index < -0.39 is 0 Å². The first-order valence-electron chi connectivity index (χ1n) is 9.34. The van der Waals surface area contributed by atoms with Crippen molar-refractivity contribution in [2.24, 2.45) is 0 Å². The number of hydrogen-bond acceptors (Lipinski definition) is 3. The predicted octanol–water partition coefficient (Wildman–Crippen LogP) is 5.32. The van der Waals surface area contributed by atoms with Crippen molar-refractivity contribution in [1.29, 1.82) is 0 Å². The summed E-state index contributed by atoms with van der Waals surface area (Å²) in [5.74, 6) is 0.428. The molecule has 28 heavy (non-hydrogen) atoms. The Morgan fingerprint density at radius 3 is 2.46 bits per heavy atom. The van der Waals surface area contributed by atoms with Gasteiger partial charge in [0.15, 0.2) is 5.78 Å². The number of anilines is 1. The Balaban J connectivity index is 1.79. The van der Waals surface area contributed by atoms with Gasteiger partial charge in [0.05, 0.1) is 18.3 Å². The van der Waals surface area contributed by atoms with Gasteiger partial charge in [0.25, 0.3) is 0 Å². The third-order valence-corrected chi connectivity index (χ3v) is 4.51. The van der Waals surface area contributed by atoms with Gasteiger partial charge in [0.2, 0.25) is 0 Å². The van der Waals surface area contributed by atoms with Crippen LogP contribution in [0.3, 0.4) is 0 Å². The lowest BCUT2D eigenvalue weighted by atomic mass is 10.1. The van der Waals surface area contributed by atoms with Crippen LogP contribution in [0, 0.1) is 19.7 Å². The van der Waals surface area contributed by atoms with Crippen LogP contribution in [0.1, 0.15) is 35.6 Å². The topological polar surface area (TPSA) is 43.3 Å². The molecule has 3 aromatic rings. The fourth-order valence-electron chi connectivity index (χ4n) is 3.27. The molecule has 0 aliphatic carbocycles. The molecule has 146 valence electrons. The number of ether oxygens (including phenoxy) is 1. The molecule has 0 bridgehead atoms. The van der Waals surface area contributed by atoms with Crippen LogP contribution in [0.4, 0.5) is 10.1 Å². The zero-order chi connectivity index (χ0) is 20.3. The minimum Gasteiger partial charge on any atom is -0.489 e. The lowest BCUT2D eigenvalue weighted by Gasteiger charge is -2.15. The fraction of sp³-hybridized carbons (Fsp3) is 0.261. The van der Waals surface area contributed by atoms with E-state index in [1.165, 1.54) is 12.1 Å². The van der Waals surface area contributed by atoms with E-state index >= 15 is 0 Å². The van der Waals surface area contributed by atoms with E-state index in [1.807, 2.05) is 62.6 Å². The molecule has 1 N–H and O–H groups in total. The van der Waals surface area contributed by atoms with Crippen LogP contribution < -0.4 is 10.1 Å². The molecule has 4 nitrogen and oxygen atoms in total. The van der Waals surface area contributed by atoms with Gasteiger partial charge < -0.3 is 14.6 Å². The van der Waals surface area contributed by atoms with Gasteiger partial charge in [0, 0.05) is 22.6 Å². The minimum atomic E-state index is -0.283. The molecule has 0 saturated heterocycles. The van der Waals surface area contributed by atoms with Gasteiger partial charge in [-0.2, -0.15) is 0 Å².